The largest absolute Gasteiger partial charge is 0.311 e. The Bertz CT molecular complexity index is 620. The minimum absolute atomic E-state index is 0.0173. The summed E-state index contributed by atoms with van der Waals surface area (Å²) in [6.45, 7) is 0.129. The minimum Gasteiger partial charge on any atom is -0.311 e. The number of carbonyl (C=O) groups excluding carboxylic acids is 1. The monoisotopic (exact) mass is 401 g/mol. The van der Waals surface area contributed by atoms with Gasteiger partial charge in [-0.25, -0.2) is 4.39 Å². The van der Waals surface area contributed by atoms with E-state index in [-0.39, 0.29) is 18.9 Å². The van der Waals surface area contributed by atoms with Crippen LogP contribution in [0.4, 0.5) is 14.0 Å². The van der Waals surface area contributed by atoms with E-state index in [1.165, 1.54) is 23.1 Å². The number of amides is 1. The SMILES string of the molecule is O=C1CC(CS(=O)(=O)F)CN1c1ccc(F)cc1I. The first kappa shape index (κ1) is 14.6. The van der Waals surface area contributed by atoms with Crippen LogP contribution in [0.2, 0.25) is 0 Å². The number of hydrogen-bond acceptors (Lipinski definition) is 3. The molecule has 1 atom stereocenters. The molecule has 0 spiro atoms. The molecule has 1 aliphatic heterocycles. The first-order valence-corrected chi connectivity index (χ1v) is 8.07. The van der Waals surface area contributed by atoms with Crippen LogP contribution in [-0.4, -0.2) is 26.6 Å². The number of halogens is 3. The summed E-state index contributed by atoms with van der Waals surface area (Å²) >= 11 is 1.89. The van der Waals surface area contributed by atoms with Crippen LogP contribution in [0.3, 0.4) is 0 Å². The summed E-state index contributed by atoms with van der Waals surface area (Å²) in [4.78, 5) is 13.2. The van der Waals surface area contributed by atoms with Crippen molar-refractivity contribution in [2.45, 2.75) is 6.42 Å². The summed E-state index contributed by atoms with van der Waals surface area (Å²) in [5.74, 6) is -1.92. The lowest BCUT2D eigenvalue weighted by Gasteiger charge is -2.18. The molecule has 1 aromatic carbocycles. The van der Waals surface area contributed by atoms with Gasteiger partial charge in [-0.3, -0.25) is 4.79 Å². The summed E-state index contributed by atoms with van der Waals surface area (Å²) < 4.78 is 47.4. The van der Waals surface area contributed by atoms with Crippen molar-refractivity contribution in [1.82, 2.24) is 0 Å². The number of rotatable bonds is 3. The second-order valence-corrected chi connectivity index (χ2v) is 6.95. The van der Waals surface area contributed by atoms with Crippen LogP contribution in [0, 0.1) is 15.3 Å². The van der Waals surface area contributed by atoms with Crippen molar-refractivity contribution in [3.63, 3.8) is 0 Å². The molecule has 1 aliphatic rings. The number of anilines is 1. The van der Waals surface area contributed by atoms with E-state index >= 15 is 0 Å². The predicted octanol–water partition coefficient (Wildman–Crippen LogP) is 2.08. The highest BCUT2D eigenvalue weighted by Gasteiger charge is 2.34. The second kappa shape index (κ2) is 5.31. The zero-order chi connectivity index (χ0) is 14.2. The molecule has 0 aliphatic carbocycles. The Morgan fingerprint density at radius 1 is 1.42 bits per heavy atom. The van der Waals surface area contributed by atoms with Crippen molar-refractivity contribution in [2.75, 3.05) is 17.2 Å². The molecular formula is C11H10F2INO3S. The van der Waals surface area contributed by atoms with Gasteiger partial charge in [0.15, 0.2) is 0 Å². The van der Waals surface area contributed by atoms with Crippen molar-refractivity contribution < 1.29 is 21.5 Å². The Kier molecular flexibility index (Phi) is 4.09. The van der Waals surface area contributed by atoms with Gasteiger partial charge in [-0.2, -0.15) is 8.42 Å². The fourth-order valence-corrected chi connectivity index (χ4v) is 3.66. The molecule has 1 aromatic rings. The Morgan fingerprint density at radius 2 is 2.11 bits per heavy atom. The summed E-state index contributed by atoms with van der Waals surface area (Å²) in [5.41, 5.74) is 0.519. The lowest BCUT2D eigenvalue weighted by Crippen LogP contribution is -2.26. The van der Waals surface area contributed by atoms with Crippen molar-refractivity contribution in [3.05, 3.63) is 27.6 Å². The van der Waals surface area contributed by atoms with Gasteiger partial charge in [0, 0.05) is 22.5 Å². The third kappa shape index (κ3) is 3.62. The van der Waals surface area contributed by atoms with Crippen LogP contribution in [-0.2, 0) is 15.0 Å². The van der Waals surface area contributed by atoms with Crippen molar-refractivity contribution in [1.29, 1.82) is 0 Å². The van der Waals surface area contributed by atoms with Crippen molar-refractivity contribution in [2.24, 2.45) is 5.92 Å². The van der Waals surface area contributed by atoms with Gasteiger partial charge >= 0.3 is 10.2 Å². The molecule has 0 N–H and O–H groups in total. The van der Waals surface area contributed by atoms with E-state index < -0.39 is 27.7 Å². The zero-order valence-electron chi connectivity index (χ0n) is 9.64. The molecule has 0 radical (unpaired) electrons. The van der Waals surface area contributed by atoms with Crippen LogP contribution >= 0.6 is 22.6 Å². The average molecular weight is 401 g/mol. The van der Waals surface area contributed by atoms with Crippen molar-refractivity contribution in [3.8, 4) is 0 Å². The quantitative estimate of drug-likeness (QED) is 0.576. The van der Waals surface area contributed by atoms with Gasteiger partial charge in [-0.05, 0) is 40.8 Å². The van der Waals surface area contributed by atoms with Crippen LogP contribution in [0.5, 0.6) is 0 Å². The summed E-state index contributed by atoms with van der Waals surface area (Å²) in [5, 5.41) is 0. The minimum atomic E-state index is -4.59. The Balaban J connectivity index is 2.20. The normalized spacial score (nSPS) is 20.1. The second-order valence-electron chi connectivity index (χ2n) is 4.38. The molecule has 1 saturated heterocycles. The van der Waals surface area contributed by atoms with Crippen LogP contribution < -0.4 is 4.90 Å². The summed E-state index contributed by atoms with van der Waals surface area (Å²) in [7, 11) is -4.59. The van der Waals surface area contributed by atoms with Crippen LogP contribution in [0.15, 0.2) is 18.2 Å². The molecule has 1 fully saturated rings. The zero-order valence-corrected chi connectivity index (χ0v) is 12.6. The third-order valence-corrected chi connectivity index (χ3v) is 4.57. The molecule has 1 heterocycles. The van der Waals surface area contributed by atoms with Crippen LogP contribution in [0.25, 0.3) is 0 Å². The summed E-state index contributed by atoms with van der Waals surface area (Å²) in [6, 6.07) is 3.97. The van der Waals surface area contributed by atoms with E-state index in [0.29, 0.717) is 9.26 Å². The predicted molar refractivity (Wildman–Crippen MR) is 74.5 cm³/mol. The number of hydrogen-bond donors (Lipinski definition) is 0. The molecule has 0 aromatic heterocycles. The lowest BCUT2D eigenvalue weighted by atomic mass is 10.1. The molecule has 4 nitrogen and oxygen atoms in total. The standard InChI is InChI=1S/C11H10F2INO3S/c12-8-1-2-10(9(14)4-8)15-5-7(3-11(15)16)6-19(13,17)18/h1-2,4,7H,3,5-6H2. The van der Waals surface area contributed by atoms with Crippen LogP contribution in [0.1, 0.15) is 6.42 Å². The Morgan fingerprint density at radius 3 is 2.68 bits per heavy atom. The van der Waals surface area contributed by atoms with E-state index in [1.54, 1.807) is 0 Å². The third-order valence-electron chi connectivity index (χ3n) is 2.84. The first-order chi connectivity index (χ1) is 8.76. The molecule has 2 rings (SSSR count). The molecule has 8 heteroatoms. The first-order valence-electron chi connectivity index (χ1n) is 5.44. The van der Waals surface area contributed by atoms with Gasteiger partial charge in [0.1, 0.15) is 5.82 Å². The van der Waals surface area contributed by atoms with Gasteiger partial charge in [-0.1, -0.05) is 0 Å². The topological polar surface area (TPSA) is 54.5 Å². The smallest absolute Gasteiger partial charge is 0.302 e. The Hall–Kier alpha value is -0.770. The number of benzene rings is 1. The molecule has 0 bridgehead atoms. The van der Waals surface area contributed by atoms with Gasteiger partial charge in [0.25, 0.3) is 0 Å². The molecule has 104 valence electrons. The molecule has 1 amide bonds. The maximum Gasteiger partial charge on any atom is 0.302 e. The fourth-order valence-electron chi connectivity index (χ4n) is 2.11. The van der Waals surface area contributed by atoms with E-state index in [1.807, 2.05) is 22.6 Å². The number of nitrogens with zero attached hydrogens (tertiary/aromatic N) is 1. The van der Waals surface area contributed by atoms with E-state index in [0.717, 1.165) is 0 Å². The van der Waals surface area contributed by atoms with Gasteiger partial charge < -0.3 is 4.90 Å². The fraction of sp³-hybridized carbons (Fsp3) is 0.364. The maximum atomic E-state index is 13.0. The summed E-state index contributed by atoms with van der Waals surface area (Å²) in [6.07, 6.45) is -0.0173. The maximum absolute atomic E-state index is 13.0. The highest BCUT2D eigenvalue weighted by atomic mass is 127. The van der Waals surface area contributed by atoms with E-state index in [4.69, 9.17) is 0 Å². The van der Waals surface area contributed by atoms with Crippen molar-refractivity contribution >= 4 is 44.4 Å². The molecule has 1 unspecified atom stereocenters. The van der Waals surface area contributed by atoms with Gasteiger partial charge in [0.05, 0.1) is 11.4 Å². The average Bonchev–Trinajstić information content (AvgIpc) is 2.56. The number of carbonyl (C=O) groups is 1. The van der Waals surface area contributed by atoms with E-state index in [2.05, 4.69) is 0 Å². The molecule has 0 saturated carbocycles. The van der Waals surface area contributed by atoms with Gasteiger partial charge in [0.2, 0.25) is 5.91 Å². The highest BCUT2D eigenvalue weighted by molar-refractivity contribution is 14.1. The van der Waals surface area contributed by atoms with E-state index in [9.17, 15) is 21.5 Å². The molecular weight excluding hydrogens is 391 g/mol. The lowest BCUT2D eigenvalue weighted by molar-refractivity contribution is -0.117. The Labute approximate surface area is 123 Å². The highest BCUT2D eigenvalue weighted by Crippen LogP contribution is 2.30. The van der Waals surface area contributed by atoms with Gasteiger partial charge in [-0.15, -0.1) is 3.89 Å². The molecule has 19 heavy (non-hydrogen) atoms.